The molecule has 3 heterocycles. The summed E-state index contributed by atoms with van der Waals surface area (Å²) in [5, 5.41) is 2.18. The van der Waals surface area contributed by atoms with Gasteiger partial charge in [0.25, 0.3) is 5.91 Å². The minimum absolute atomic E-state index is 0.183. The van der Waals surface area contributed by atoms with E-state index in [1.165, 1.54) is 0 Å². The first-order chi connectivity index (χ1) is 8.15. The van der Waals surface area contributed by atoms with E-state index in [4.69, 9.17) is 11.6 Å². The Labute approximate surface area is 118 Å². The number of rotatable bonds is 1. The van der Waals surface area contributed by atoms with Gasteiger partial charge in [-0.25, -0.2) is 0 Å². The van der Waals surface area contributed by atoms with Crippen molar-refractivity contribution in [3.05, 3.63) is 20.8 Å². The molecule has 2 saturated heterocycles. The maximum Gasteiger partial charge on any atom is 0.255 e. The average Bonchev–Trinajstić information content (AvgIpc) is 2.81. The zero-order valence-corrected chi connectivity index (χ0v) is 12.4. The molecule has 2 nitrogen and oxygen atoms in total. The molecule has 1 amide bonds. The van der Waals surface area contributed by atoms with Gasteiger partial charge >= 0.3 is 0 Å². The second kappa shape index (κ2) is 4.56. The van der Waals surface area contributed by atoms with Crippen LogP contribution in [0.15, 0.2) is 15.2 Å². The summed E-state index contributed by atoms with van der Waals surface area (Å²) in [5.41, 5.74) is 0.812. The molecule has 1 aromatic rings. The summed E-state index contributed by atoms with van der Waals surface area (Å²) in [6.07, 6.45) is 4.14. The van der Waals surface area contributed by atoms with Crippen molar-refractivity contribution >= 4 is 44.8 Å². The van der Waals surface area contributed by atoms with Crippen molar-refractivity contribution in [3.8, 4) is 0 Å². The molecule has 0 aliphatic carbocycles. The number of carbonyl (C=O) groups excluding carboxylic acids is 1. The first-order valence-electron chi connectivity index (χ1n) is 5.86. The lowest BCUT2D eigenvalue weighted by Crippen LogP contribution is -2.46. The minimum Gasteiger partial charge on any atom is -0.333 e. The number of nitrogens with zero attached hydrogens (tertiary/aromatic N) is 1. The van der Waals surface area contributed by atoms with E-state index in [-0.39, 0.29) is 11.3 Å². The predicted molar refractivity (Wildman–Crippen MR) is 73.9 cm³/mol. The zero-order valence-electron chi connectivity index (χ0n) is 9.23. The molecule has 3 rings (SSSR count). The Hall–Kier alpha value is -0.0600. The van der Waals surface area contributed by atoms with Crippen molar-refractivity contribution in [2.24, 2.45) is 0 Å². The Morgan fingerprint density at radius 3 is 2.59 bits per heavy atom. The summed E-state index contributed by atoms with van der Waals surface area (Å²) in [7, 11) is 0. The highest BCUT2D eigenvalue weighted by Gasteiger charge is 2.42. The highest BCUT2D eigenvalue weighted by molar-refractivity contribution is 9.11. The molecule has 92 valence electrons. The SMILES string of the molecule is O=C(c1csc(Br)c1)N1C2CCC1CC(Cl)C2. The molecule has 0 N–H and O–H groups in total. The average molecular weight is 335 g/mol. The number of fused-ring (bicyclic) bond motifs is 2. The van der Waals surface area contributed by atoms with Gasteiger partial charge in [0.2, 0.25) is 0 Å². The van der Waals surface area contributed by atoms with Gasteiger partial charge in [-0.2, -0.15) is 0 Å². The van der Waals surface area contributed by atoms with Crippen molar-refractivity contribution < 1.29 is 4.79 Å². The van der Waals surface area contributed by atoms with Crippen LogP contribution in [0.1, 0.15) is 36.0 Å². The van der Waals surface area contributed by atoms with Crippen LogP contribution in [-0.4, -0.2) is 28.3 Å². The van der Waals surface area contributed by atoms with Crippen LogP contribution in [-0.2, 0) is 0 Å². The Morgan fingerprint density at radius 1 is 1.41 bits per heavy atom. The minimum atomic E-state index is 0.183. The highest BCUT2D eigenvalue weighted by Crippen LogP contribution is 2.39. The summed E-state index contributed by atoms with van der Waals surface area (Å²) in [4.78, 5) is 14.5. The highest BCUT2D eigenvalue weighted by atomic mass is 79.9. The summed E-state index contributed by atoms with van der Waals surface area (Å²) >= 11 is 11.2. The molecule has 2 aliphatic heterocycles. The second-order valence-electron chi connectivity index (χ2n) is 4.81. The van der Waals surface area contributed by atoms with E-state index in [1.807, 2.05) is 11.4 Å². The van der Waals surface area contributed by atoms with Gasteiger partial charge in [-0.15, -0.1) is 22.9 Å². The zero-order chi connectivity index (χ0) is 12.0. The van der Waals surface area contributed by atoms with E-state index in [0.29, 0.717) is 12.1 Å². The molecule has 0 saturated carbocycles. The number of hydrogen-bond acceptors (Lipinski definition) is 2. The molecular weight excluding hydrogens is 322 g/mol. The first-order valence-corrected chi connectivity index (χ1v) is 7.97. The fourth-order valence-corrected chi connectivity index (χ4v) is 4.56. The fraction of sp³-hybridized carbons (Fsp3) is 0.583. The van der Waals surface area contributed by atoms with E-state index in [9.17, 15) is 4.79 Å². The topological polar surface area (TPSA) is 20.3 Å². The number of carbonyl (C=O) groups is 1. The van der Waals surface area contributed by atoms with E-state index >= 15 is 0 Å². The number of piperidine rings is 1. The van der Waals surface area contributed by atoms with E-state index in [1.54, 1.807) is 11.3 Å². The van der Waals surface area contributed by atoms with Crippen LogP contribution in [0.5, 0.6) is 0 Å². The lowest BCUT2D eigenvalue weighted by Gasteiger charge is -2.36. The van der Waals surface area contributed by atoms with Crippen molar-refractivity contribution in [2.75, 3.05) is 0 Å². The van der Waals surface area contributed by atoms with Gasteiger partial charge < -0.3 is 4.90 Å². The Kier molecular flexibility index (Phi) is 3.22. The monoisotopic (exact) mass is 333 g/mol. The van der Waals surface area contributed by atoms with Gasteiger partial charge in [-0.3, -0.25) is 4.79 Å². The van der Waals surface area contributed by atoms with Gasteiger partial charge in [0.05, 0.1) is 9.35 Å². The number of hydrogen-bond donors (Lipinski definition) is 0. The molecule has 0 radical (unpaired) electrons. The normalized spacial score (nSPS) is 31.9. The molecule has 2 aliphatic rings. The molecule has 5 heteroatoms. The summed E-state index contributed by atoms with van der Waals surface area (Å²) < 4.78 is 1.01. The Balaban J connectivity index is 1.83. The van der Waals surface area contributed by atoms with E-state index < -0.39 is 0 Å². The third kappa shape index (κ3) is 2.15. The van der Waals surface area contributed by atoms with Crippen molar-refractivity contribution in [3.63, 3.8) is 0 Å². The van der Waals surface area contributed by atoms with Gasteiger partial charge in [0.15, 0.2) is 0 Å². The molecule has 17 heavy (non-hydrogen) atoms. The molecule has 0 aromatic carbocycles. The lowest BCUT2D eigenvalue weighted by molar-refractivity contribution is 0.0600. The number of thiophene rings is 1. The van der Waals surface area contributed by atoms with Gasteiger partial charge in [-0.1, -0.05) is 0 Å². The number of alkyl halides is 1. The summed E-state index contributed by atoms with van der Waals surface area (Å²) in [5.74, 6) is 0.183. The van der Waals surface area contributed by atoms with Crippen LogP contribution in [0.4, 0.5) is 0 Å². The molecule has 2 fully saturated rings. The van der Waals surface area contributed by atoms with E-state index in [2.05, 4.69) is 20.8 Å². The van der Waals surface area contributed by atoms with Gasteiger partial charge in [-0.05, 0) is 47.7 Å². The van der Waals surface area contributed by atoms with Crippen LogP contribution in [0.25, 0.3) is 0 Å². The van der Waals surface area contributed by atoms with Gasteiger partial charge in [0.1, 0.15) is 0 Å². The van der Waals surface area contributed by atoms with Crippen molar-refractivity contribution in [1.29, 1.82) is 0 Å². The predicted octanol–water partition coefficient (Wildman–Crippen LogP) is 3.89. The maximum atomic E-state index is 12.4. The number of amides is 1. The lowest BCUT2D eigenvalue weighted by atomic mass is 10.0. The molecule has 0 spiro atoms. The Morgan fingerprint density at radius 2 is 2.06 bits per heavy atom. The van der Waals surface area contributed by atoms with Crippen LogP contribution >= 0.6 is 38.9 Å². The largest absolute Gasteiger partial charge is 0.333 e. The molecular formula is C12H13BrClNOS. The third-order valence-corrected chi connectivity index (χ3v) is 5.59. The second-order valence-corrected chi connectivity index (χ2v) is 7.71. The quantitative estimate of drug-likeness (QED) is 0.714. The fourth-order valence-electron chi connectivity index (χ4n) is 3.01. The van der Waals surface area contributed by atoms with Crippen LogP contribution in [0.2, 0.25) is 0 Å². The standard InChI is InChI=1S/C12H13BrClNOS/c13-11-3-7(6-17-11)12(16)15-9-1-2-10(15)5-8(14)4-9/h3,6,8-10H,1-2,4-5H2. The van der Waals surface area contributed by atoms with Crippen LogP contribution < -0.4 is 0 Å². The van der Waals surface area contributed by atoms with E-state index in [0.717, 1.165) is 35.0 Å². The smallest absolute Gasteiger partial charge is 0.255 e. The summed E-state index contributed by atoms with van der Waals surface area (Å²) in [6, 6.07) is 2.64. The van der Waals surface area contributed by atoms with Crippen molar-refractivity contribution in [1.82, 2.24) is 4.90 Å². The van der Waals surface area contributed by atoms with Crippen LogP contribution in [0.3, 0.4) is 0 Å². The molecule has 2 unspecified atom stereocenters. The van der Waals surface area contributed by atoms with Crippen molar-refractivity contribution in [2.45, 2.75) is 43.1 Å². The number of halogens is 2. The van der Waals surface area contributed by atoms with Gasteiger partial charge in [0, 0.05) is 22.8 Å². The molecule has 2 bridgehead atoms. The first kappa shape index (κ1) is 12.0. The summed E-state index contributed by atoms with van der Waals surface area (Å²) in [6.45, 7) is 0. The third-order valence-electron chi connectivity index (χ3n) is 3.72. The molecule has 2 atom stereocenters. The maximum absolute atomic E-state index is 12.4. The van der Waals surface area contributed by atoms with Crippen LogP contribution in [0, 0.1) is 0 Å². The Bertz CT molecular complexity index is 435. The molecule has 1 aromatic heterocycles.